The number of likely N-dealkylation sites (N-methyl/N-ethyl adjacent to an activating group) is 1. The van der Waals surface area contributed by atoms with Gasteiger partial charge in [0, 0.05) is 13.1 Å². The van der Waals surface area contributed by atoms with Crippen LogP contribution in [0.2, 0.25) is 0 Å². The third-order valence-electron chi connectivity index (χ3n) is 3.83. The van der Waals surface area contributed by atoms with Crippen LogP contribution in [-0.2, 0) is 16.6 Å². The molecule has 0 aliphatic carbocycles. The summed E-state index contributed by atoms with van der Waals surface area (Å²) < 4.78 is 26.1. The van der Waals surface area contributed by atoms with Crippen molar-refractivity contribution in [1.29, 1.82) is 0 Å². The van der Waals surface area contributed by atoms with Crippen molar-refractivity contribution < 1.29 is 13.2 Å². The molecule has 0 unspecified atom stereocenters. The van der Waals surface area contributed by atoms with Crippen LogP contribution >= 0.6 is 0 Å². The highest BCUT2D eigenvalue weighted by Crippen LogP contribution is 2.25. The molecule has 0 bridgehead atoms. The Labute approximate surface area is 155 Å². The minimum Gasteiger partial charge on any atom is -0.351 e. The van der Waals surface area contributed by atoms with Crippen molar-refractivity contribution in [3.63, 3.8) is 0 Å². The maximum atomic E-state index is 12.6. The zero-order chi connectivity index (χ0) is 19.2. The van der Waals surface area contributed by atoms with Crippen LogP contribution in [0.25, 0.3) is 0 Å². The molecule has 0 saturated carbocycles. The fourth-order valence-corrected chi connectivity index (χ4v) is 3.40. The van der Waals surface area contributed by atoms with E-state index in [1.807, 2.05) is 49.3 Å². The number of amides is 1. The quantitative estimate of drug-likeness (QED) is 0.766. The Morgan fingerprint density at radius 3 is 2.23 bits per heavy atom. The van der Waals surface area contributed by atoms with Crippen molar-refractivity contribution in [2.45, 2.75) is 6.54 Å². The van der Waals surface area contributed by atoms with E-state index < -0.39 is 10.0 Å². The van der Waals surface area contributed by atoms with Gasteiger partial charge in [0.15, 0.2) is 0 Å². The highest BCUT2D eigenvalue weighted by Gasteiger charge is 2.23. The van der Waals surface area contributed by atoms with Gasteiger partial charge in [-0.1, -0.05) is 42.5 Å². The Morgan fingerprint density at radius 2 is 1.62 bits per heavy atom. The summed E-state index contributed by atoms with van der Waals surface area (Å²) in [5.41, 5.74) is 1.56. The lowest BCUT2D eigenvalue weighted by molar-refractivity contribution is 0.0951. The molecule has 1 N–H and O–H groups in total. The smallest absolute Gasteiger partial charge is 0.253 e. The molecule has 2 aromatic rings. The molecule has 1 amide bonds. The molecule has 0 saturated heterocycles. The van der Waals surface area contributed by atoms with Crippen LogP contribution < -0.4 is 9.62 Å². The third-order valence-corrected chi connectivity index (χ3v) is 4.96. The first-order chi connectivity index (χ1) is 12.3. The summed E-state index contributed by atoms with van der Waals surface area (Å²) in [6.45, 7) is 1.35. The van der Waals surface area contributed by atoms with Gasteiger partial charge < -0.3 is 10.2 Å². The van der Waals surface area contributed by atoms with Crippen LogP contribution in [-0.4, -0.2) is 52.7 Å². The summed E-state index contributed by atoms with van der Waals surface area (Å²) >= 11 is 0. The monoisotopic (exact) mass is 375 g/mol. The second-order valence-corrected chi connectivity index (χ2v) is 8.24. The highest BCUT2D eigenvalue weighted by molar-refractivity contribution is 7.92. The maximum Gasteiger partial charge on any atom is 0.253 e. The van der Waals surface area contributed by atoms with E-state index in [0.717, 1.165) is 11.8 Å². The molecule has 0 spiro atoms. The normalized spacial score (nSPS) is 11.4. The van der Waals surface area contributed by atoms with Gasteiger partial charge in [-0.05, 0) is 31.8 Å². The van der Waals surface area contributed by atoms with E-state index in [9.17, 15) is 13.2 Å². The topological polar surface area (TPSA) is 69.7 Å². The number of nitrogens with zero attached hydrogens (tertiary/aromatic N) is 2. The molecule has 7 heteroatoms. The van der Waals surface area contributed by atoms with Crippen LogP contribution in [0.3, 0.4) is 0 Å². The van der Waals surface area contributed by atoms with Crippen molar-refractivity contribution >= 4 is 21.6 Å². The molecule has 0 aliphatic rings. The molecule has 0 aliphatic heterocycles. The predicted molar refractivity (Wildman–Crippen MR) is 105 cm³/mol. The number of sulfonamides is 1. The molecular weight excluding hydrogens is 350 g/mol. The lowest BCUT2D eigenvalue weighted by atomic mass is 10.1. The van der Waals surface area contributed by atoms with Gasteiger partial charge in [-0.25, -0.2) is 8.42 Å². The molecule has 2 rings (SSSR count). The van der Waals surface area contributed by atoms with Crippen molar-refractivity contribution in [3.8, 4) is 0 Å². The summed E-state index contributed by atoms with van der Waals surface area (Å²) in [6, 6.07) is 16.1. The molecular formula is C19H25N3O3S. The number of para-hydroxylation sites is 1. The summed E-state index contributed by atoms with van der Waals surface area (Å²) in [5.74, 6) is -0.288. The molecule has 0 fully saturated rings. The first-order valence-corrected chi connectivity index (χ1v) is 10.2. The van der Waals surface area contributed by atoms with Gasteiger partial charge in [0.25, 0.3) is 5.91 Å². The minimum atomic E-state index is -3.56. The SMILES string of the molecule is CN(C)CCNC(=O)c1ccccc1N(Cc1ccccc1)S(C)(=O)=O. The van der Waals surface area contributed by atoms with Gasteiger partial charge in [-0.3, -0.25) is 9.10 Å². The van der Waals surface area contributed by atoms with Gasteiger partial charge in [-0.15, -0.1) is 0 Å². The first-order valence-electron chi connectivity index (χ1n) is 8.32. The van der Waals surface area contributed by atoms with E-state index in [-0.39, 0.29) is 12.5 Å². The number of carbonyl (C=O) groups excluding carboxylic acids is 1. The highest BCUT2D eigenvalue weighted by atomic mass is 32.2. The molecule has 0 radical (unpaired) electrons. The summed E-state index contributed by atoms with van der Waals surface area (Å²) in [6.07, 6.45) is 1.15. The van der Waals surface area contributed by atoms with Gasteiger partial charge in [-0.2, -0.15) is 0 Å². The Hall–Kier alpha value is -2.38. The van der Waals surface area contributed by atoms with E-state index in [0.29, 0.717) is 24.3 Å². The Kier molecular flexibility index (Phi) is 6.76. The van der Waals surface area contributed by atoms with Gasteiger partial charge in [0.2, 0.25) is 10.0 Å². The molecule has 6 nitrogen and oxygen atoms in total. The molecule has 26 heavy (non-hydrogen) atoms. The molecule has 2 aromatic carbocycles. The van der Waals surface area contributed by atoms with Crippen LogP contribution in [0.15, 0.2) is 54.6 Å². The number of anilines is 1. The van der Waals surface area contributed by atoms with Crippen molar-refractivity contribution in [1.82, 2.24) is 10.2 Å². The lowest BCUT2D eigenvalue weighted by Crippen LogP contribution is -2.34. The Balaban J connectivity index is 2.32. The Morgan fingerprint density at radius 1 is 1.00 bits per heavy atom. The third kappa shape index (κ3) is 5.57. The fraction of sp³-hybridized carbons (Fsp3) is 0.316. The zero-order valence-corrected chi connectivity index (χ0v) is 16.2. The van der Waals surface area contributed by atoms with E-state index in [1.165, 1.54) is 4.31 Å². The number of carbonyl (C=O) groups is 1. The van der Waals surface area contributed by atoms with Crippen LogP contribution in [0, 0.1) is 0 Å². The number of nitrogens with one attached hydrogen (secondary N) is 1. The van der Waals surface area contributed by atoms with Crippen molar-refractivity contribution in [3.05, 3.63) is 65.7 Å². The minimum absolute atomic E-state index is 0.168. The van der Waals surface area contributed by atoms with Crippen molar-refractivity contribution in [2.24, 2.45) is 0 Å². The second kappa shape index (κ2) is 8.82. The zero-order valence-electron chi connectivity index (χ0n) is 15.3. The Bertz CT molecular complexity index is 836. The number of benzene rings is 2. The van der Waals surface area contributed by atoms with Gasteiger partial charge in [0.1, 0.15) is 0 Å². The standard InChI is InChI=1S/C19H25N3O3S/c1-21(2)14-13-20-19(23)17-11-7-8-12-18(17)22(26(3,24)25)15-16-9-5-4-6-10-16/h4-12H,13-15H2,1-3H3,(H,20,23). The summed E-state index contributed by atoms with van der Waals surface area (Å²) in [7, 11) is 0.283. The van der Waals surface area contributed by atoms with E-state index in [4.69, 9.17) is 0 Å². The first kappa shape index (κ1) is 19.9. The second-order valence-electron chi connectivity index (χ2n) is 6.33. The number of rotatable bonds is 8. The largest absolute Gasteiger partial charge is 0.351 e. The lowest BCUT2D eigenvalue weighted by Gasteiger charge is -2.25. The average molecular weight is 375 g/mol. The number of hydrogen-bond donors (Lipinski definition) is 1. The summed E-state index contributed by atoms with van der Waals surface area (Å²) in [5, 5.41) is 2.84. The van der Waals surface area contributed by atoms with Crippen LogP contribution in [0.1, 0.15) is 15.9 Å². The van der Waals surface area contributed by atoms with Crippen LogP contribution in [0.4, 0.5) is 5.69 Å². The van der Waals surface area contributed by atoms with Gasteiger partial charge >= 0.3 is 0 Å². The molecule has 140 valence electrons. The van der Waals surface area contributed by atoms with E-state index in [2.05, 4.69) is 5.32 Å². The molecule has 0 aromatic heterocycles. The molecule has 0 atom stereocenters. The number of hydrogen-bond acceptors (Lipinski definition) is 4. The van der Waals surface area contributed by atoms with E-state index >= 15 is 0 Å². The van der Waals surface area contributed by atoms with E-state index in [1.54, 1.807) is 24.3 Å². The average Bonchev–Trinajstić information content (AvgIpc) is 2.59. The summed E-state index contributed by atoms with van der Waals surface area (Å²) in [4.78, 5) is 14.5. The van der Waals surface area contributed by atoms with Crippen LogP contribution in [0.5, 0.6) is 0 Å². The predicted octanol–water partition coefficient (Wildman–Crippen LogP) is 1.94. The van der Waals surface area contributed by atoms with Crippen molar-refractivity contribution in [2.75, 3.05) is 37.7 Å². The fourth-order valence-electron chi connectivity index (χ4n) is 2.50. The molecule has 0 heterocycles. The van der Waals surface area contributed by atoms with Gasteiger partial charge in [0.05, 0.1) is 24.1 Å². The maximum absolute atomic E-state index is 12.6.